The van der Waals surface area contributed by atoms with Gasteiger partial charge in [-0.05, 0) is 40.5 Å². The number of nitrogens with zero attached hydrogens (tertiary/aromatic N) is 1. The van der Waals surface area contributed by atoms with Crippen LogP contribution >= 0.6 is 0 Å². The second-order valence-electron chi connectivity index (χ2n) is 13.3. The molecule has 0 bridgehead atoms. The van der Waals surface area contributed by atoms with Crippen LogP contribution in [0.15, 0.2) is 96.6 Å². The number of ether oxygens (including phenoxy) is 4. The summed E-state index contributed by atoms with van der Waals surface area (Å²) in [4.78, 5) is 54.7. The van der Waals surface area contributed by atoms with E-state index in [9.17, 15) is 37.5 Å². The van der Waals surface area contributed by atoms with E-state index in [0.717, 1.165) is 28.8 Å². The zero-order valence-corrected chi connectivity index (χ0v) is 29.3. The molecule has 14 heteroatoms. The zero-order chi connectivity index (χ0) is 38.5. The summed E-state index contributed by atoms with van der Waals surface area (Å²) in [5.74, 6) is -4.14. The predicted molar refractivity (Wildman–Crippen MR) is 188 cm³/mol. The van der Waals surface area contributed by atoms with E-state index in [4.69, 9.17) is 14.2 Å². The highest BCUT2D eigenvalue weighted by atomic mass is 19.4. The quantitative estimate of drug-likeness (QED) is 0.207. The van der Waals surface area contributed by atoms with Crippen molar-refractivity contribution in [1.82, 2.24) is 10.2 Å². The van der Waals surface area contributed by atoms with Gasteiger partial charge in [0.1, 0.15) is 24.4 Å². The van der Waals surface area contributed by atoms with Crippen molar-refractivity contribution in [2.75, 3.05) is 26.8 Å². The molecule has 1 aliphatic heterocycles. The van der Waals surface area contributed by atoms with Crippen LogP contribution in [0.25, 0.3) is 6.08 Å². The average molecular weight is 749 g/mol. The number of rotatable bonds is 12. The number of carbonyl (C=O) groups excluding carboxylic acids is 4. The first-order chi connectivity index (χ1) is 25.8. The fraction of sp³-hybridized carbons (Fsp3) is 0.350. The van der Waals surface area contributed by atoms with Crippen LogP contribution in [0.5, 0.6) is 0 Å². The van der Waals surface area contributed by atoms with E-state index < -0.39 is 66.7 Å². The van der Waals surface area contributed by atoms with Gasteiger partial charge in [-0.15, -0.1) is 0 Å². The molecular weight excluding hydrogens is 709 g/mol. The molecule has 0 saturated carbocycles. The summed E-state index contributed by atoms with van der Waals surface area (Å²) in [6.45, 7) is -2.05. The monoisotopic (exact) mass is 748 g/mol. The summed E-state index contributed by atoms with van der Waals surface area (Å²) < 4.78 is 61.0. The first-order valence-electron chi connectivity index (χ1n) is 17.4. The van der Waals surface area contributed by atoms with Crippen molar-refractivity contribution >= 4 is 29.8 Å². The van der Waals surface area contributed by atoms with Gasteiger partial charge < -0.3 is 34.3 Å². The average Bonchev–Trinajstić information content (AvgIpc) is 3.71. The van der Waals surface area contributed by atoms with Gasteiger partial charge in [-0.1, -0.05) is 72.8 Å². The molecule has 1 saturated heterocycles. The number of aliphatic hydroxyl groups excluding tert-OH is 1. The van der Waals surface area contributed by atoms with Crippen molar-refractivity contribution < 1.29 is 56.4 Å². The molecule has 6 rings (SSSR count). The Hall–Kier alpha value is -5.31. The highest BCUT2D eigenvalue weighted by Gasteiger charge is 2.55. The molecule has 0 radical (unpaired) electrons. The summed E-state index contributed by atoms with van der Waals surface area (Å²) in [5, 5.41) is 12.0. The van der Waals surface area contributed by atoms with Crippen LogP contribution in [0.2, 0.25) is 0 Å². The fourth-order valence-corrected chi connectivity index (χ4v) is 6.95. The normalized spacial score (nSPS) is 20.5. The lowest BCUT2D eigenvalue weighted by Crippen LogP contribution is -2.51. The second kappa shape index (κ2) is 16.4. The summed E-state index contributed by atoms with van der Waals surface area (Å²) in [6.07, 6.45) is -2.86. The van der Waals surface area contributed by atoms with Gasteiger partial charge >= 0.3 is 18.1 Å². The van der Waals surface area contributed by atoms with E-state index in [1.165, 1.54) is 24.1 Å². The summed E-state index contributed by atoms with van der Waals surface area (Å²) in [6, 6.07) is 22.0. The van der Waals surface area contributed by atoms with Crippen LogP contribution in [0, 0.1) is 0 Å². The predicted octanol–water partition coefficient (Wildman–Crippen LogP) is 4.12. The maximum absolute atomic E-state index is 14.3. The van der Waals surface area contributed by atoms with Gasteiger partial charge in [-0.2, -0.15) is 13.2 Å². The van der Waals surface area contributed by atoms with Crippen molar-refractivity contribution in [1.29, 1.82) is 0 Å². The number of nitrogens with one attached hydrogen (secondary N) is 1. The number of esters is 2. The number of aliphatic hydroxyl groups is 1. The topological polar surface area (TPSA) is 141 Å². The minimum absolute atomic E-state index is 0.00107. The number of benzene rings is 3. The molecule has 54 heavy (non-hydrogen) atoms. The molecule has 0 aromatic heterocycles. The van der Waals surface area contributed by atoms with E-state index >= 15 is 0 Å². The molecule has 0 unspecified atom stereocenters. The van der Waals surface area contributed by atoms with E-state index in [1.54, 1.807) is 18.2 Å². The Bertz CT molecular complexity index is 1910. The molecule has 284 valence electrons. The molecule has 1 heterocycles. The van der Waals surface area contributed by atoms with E-state index in [1.807, 2.05) is 54.6 Å². The third kappa shape index (κ3) is 9.07. The third-order valence-electron chi connectivity index (χ3n) is 9.48. The first-order valence-corrected chi connectivity index (χ1v) is 17.4. The number of hydrogen-bond acceptors (Lipinski definition) is 9. The second-order valence-corrected chi connectivity index (χ2v) is 13.3. The Labute approximate surface area is 309 Å². The Kier molecular flexibility index (Phi) is 11.6. The number of halogens is 3. The first kappa shape index (κ1) is 38.4. The summed E-state index contributed by atoms with van der Waals surface area (Å²) in [5.41, 5.74) is 3.28. The van der Waals surface area contributed by atoms with Gasteiger partial charge in [0.05, 0.1) is 12.2 Å². The maximum Gasteiger partial charge on any atom is 0.422 e. The van der Waals surface area contributed by atoms with Gasteiger partial charge in [0.25, 0.3) is 0 Å². The van der Waals surface area contributed by atoms with Gasteiger partial charge in [0, 0.05) is 50.9 Å². The molecule has 3 aromatic carbocycles. The zero-order valence-electron chi connectivity index (χ0n) is 29.3. The molecule has 2 N–H and O–H groups in total. The number of amides is 2. The smallest absolute Gasteiger partial charge is 0.422 e. The number of alkyl halides is 3. The molecule has 4 atom stereocenters. The number of fused-ring (bicyclic) bond motifs is 2. The van der Waals surface area contributed by atoms with E-state index in [-0.39, 0.29) is 42.7 Å². The summed E-state index contributed by atoms with van der Waals surface area (Å²) >= 11 is 0. The molecule has 2 amide bonds. The standard InChI is InChI=1S/C40H39F3N2O9/c1-45(31(36(48)44-17-18-46)19-25-9-3-2-4-10-25)37(49)29-20-32(35-33(21-29)53-39(54-35)22-27-12-5-6-13-28(27)23-39)52-38(50)30-14-8-7-11-26(30)15-16-34(47)51-24-40(41,42)43/h2-16,21,31-33,35,46H,17-20,22-24H2,1H3,(H,44,48)/t31-,32-,33-,35+/m1/s1. The Morgan fingerprint density at radius 1 is 0.981 bits per heavy atom. The van der Waals surface area contributed by atoms with Crippen molar-refractivity contribution in [2.45, 2.75) is 62.0 Å². The van der Waals surface area contributed by atoms with Crippen molar-refractivity contribution in [3.05, 3.63) is 124 Å². The molecule has 3 aromatic rings. The number of hydrogen-bond donors (Lipinski definition) is 2. The van der Waals surface area contributed by atoms with Crippen molar-refractivity contribution in [3.8, 4) is 0 Å². The number of carbonyl (C=O) groups is 4. The summed E-state index contributed by atoms with van der Waals surface area (Å²) in [7, 11) is 1.51. The Morgan fingerprint density at radius 3 is 2.33 bits per heavy atom. The molecule has 1 fully saturated rings. The number of likely N-dealkylation sites (N-methyl/N-ethyl adjacent to an activating group) is 1. The van der Waals surface area contributed by atoms with Crippen LogP contribution in [-0.2, 0) is 52.6 Å². The highest BCUT2D eigenvalue weighted by molar-refractivity contribution is 5.98. The van der Waals surface area contributed by atoms with Gasteiger partial charge in [0.2, 0.25) is 11.8 Å². The fourth-order valence-electron chi connectivity index (χ4n) is 6.95. The minimum Gasteiger partial charge on any atom is -0.456 e. The van der Waals surface area contributed by atoms with Gasteiger partial charge in [-0.3, -0.25) is 9.59 Å². The lowest BCUT2D eigenvalue weighted by atomic mass is 9.90. The lowest BCUT2D eigenvalue weighted by molar-refractivity contribution is -0.182. The SMILES string of the molecule is CN(C(=O)C1=C[C@H]2OC3(Cc4ccccc4C3)O[C@H]2[C@H](OC(=O)c2ccccc2C=CC(=O)OCC(F)(F)F)C1)[C@H](Cc1ccccc1)C(=O)NCCO. The molecule has 1 spiro atoms. The third-order valence-corrected chi connectivity index (χ3v) is 9.48. The van der Waals surface area contributed by atoms with E-state index in [0.29, 0.717) is 12.8 Å². The Morgan fingerprint density at radius 2 is 1.65 bits per heavy atom. The highest BCUT2D eigenvalue weighted by Crippen LogP contribution is 2.45. The largest absolute Gasteiger partial charge is 0.456 e. The van der Waals surface area contributed by atoms with Crippen LogP contribution in [0.1, 0.15) is 39.0 Å². The van der Waals surface area contributed by atoms with Crippen LogP contribution in [0.3, 0.4) is 0 Å². The van der Waals surface area contributed by atoms with Gasteiger partial charge in [0.15, 0.2) is 12.4 Å². The van der Waals surface area contributed by atoms with Crippen molar-refractivity contribution in [3.63, 3.8) is 0 Å². The van der Waals surface area contributed by atoms with E-state index in [2.05, 4.69) is 10.1 Å². The maximum atomic E-state index is 14.3. The van der Waals surface area contributed by atoms with Crippen molar-refractivity contribution in [2.24, 2.45) is 0 Å². The Balaban J connectivity index is 1.26. The van der Waals surface area contributed by atoms with Crippen LogP contribution in [-0.4, -0.2) is 96.9 Å². The van der Waals surface area contributed by atoms with Gasteiger partial charge in [-0.25, -0.2) is 9.59 Å². The van der Waals surface area contributed by atoms with Crippen LogP contribution < -0.4 is 5.32 Å². The minimum atomic E-state index is -4.70. The molecular formula is C40H39F3N2O9. The van der Waals surface area contributed by atoms with Crippen LogP contribution in [0.4, 0.5) is 13.2 Å². The lowest BCUT2D eigenvalue weighted by Gasteiger charge is -2.33. The molecule has 2 aliphatic carbocycles. The molecule has 3 aliphatic rings. The molecule has 11 nitrogen and oxygen atoms in total.